The van der Waals surface area contributed by atoms with Crippen LogP contribution in [0.5, 0.6) is 0 Å². The zero-order valence-electron chi connectivity index (χ0n) is 13.4. The third-order valence-corrected chi connectivity index (χ3v) is 4.60. The summed E-state index contributed by atoms with van der Waals surface area (Å²) in [5, 5.41) is -0.148. The number of halogens is 2. The summed E-state index contributed by atoms with van der Waals surface area (Å²) in [7, 11) is 0. The first-order valence-electron chi connectivity index (χ1n) is 7.90. The second-order valence-corrected chi connectivity index (χ2v) is 6.28. The zero-order chi connectivity index (χ0) is 18.3. The number of nitrogens with zero attached hydrogens (tertiary/aromatic N) is 2. The van der Waals surface area contributed by atoms with Gasteiger partial charge in [-0.25, -0.2) is 4.39 Å². The Morgan fingerprint density at radius 3 is 2.50 bits per heavy atom. The molecule has 0 N–H and O–H groups in total. The maximum atomic E-state index is 14.0. The predicted molar refractivity (Wildman–Crippen MR) is 96.3 cm³/mol. The van der Waals surface area contributed by atoms with Crippen molar-refractivity contribution in [1.29, 1.82) is 0 Å². The summed E-state index contributed by atoms with van der Waals surface area (Å²) < 4.78 is 14.0. The van der Waals surface area contributed by atoms with E-state index >= 15 is 0 Å². The summed E-state index contributed by atoms with van der Waals surface area (Å²) in [5.74, 6) is -2.69. The lowest BCUT2D eigenvalue weighted by atomic mass is 9.85. The van der Waals surface area contributed by atoms with Crippen LogP contribution in [-0.2, 0) is 4.79 Å². The Bertz CT molecular complexity index is 1010. The maximum Gasteiger partial charge on any atom is 0.247 e. The van der Waals surface area contributed by atoms with Gasteiger partial charge in [-0.2, -0.15) is 0 Å². The van der Waals surface area contributed by atoms with Crippen molar-refractivity contribution >= 4 is 34.7 Å². The molecule has 0 radical (unpaired) electrons. The van der Waals surface area contributed by atoms with Gasteiger partial charge in [-0.3, -0.25) is 19.5 Å². The lowest BCUT2D eigenvalue weighted by Gasteiger charge is -2.33. The number of aromatic nitrogens is 1. The fraction of sp³-hybridized carbons (Fsp3) is 0.0500. The minimum atomic E-state index is -1.09. The largest absolute Gasteiger partial charge is 0.293 e. The Kier molecular flexibility index (Phi) is 4.01. The highest BCUT2D eigenvalue weighted by molar-refractivity contribution is 6.33. The molecule has 0 saturated heterocycles. The standard InChI is InChI=1S/C20H12ClFN2O2/c21-15-10-17-14(9-16(15)22)19(25)18(12-5-4-8-23-11-12)20(26)24(17)13-6-2-1-3-7-13/h1-11,18H. The summed E-state index contributed by atoms with van der Waals surface area (Å²) in [4.78, 5) is 31.6. The van der Waals surface area contributed by atoms with E-state index in [0.29, 0.717) is 11.3 Å². The monoisotopic (exact) mass is 366 g/mol. The van der Waals surface area contributed by atoms with E-state index in [1.165, 1.54) is 17.2 Å². The van der Waals surface area contributed by atoms with E-state index in [4.69, 9.17) is 11.6 Å². The SMILES string of the molecule is O=C1c2cc(F)c(Cl)cc2N(c2ccccc2)C(=O)C1c1cccnc1. The number of hydrogen-bond donors (Lipinski definition) is 0. The van der Waals surface area contributed by atoms with Gasteiger partial charge in [0.15, 0.2) is 5.78 Å². The van der Waals surface area contributed by atoms with Crippen LogP contribution in [0.25, 0.3) is 0 Å². The first kappa shape index (κ1) is 16.4. The molecule has 1 atom stereocenters. The number of carbonyl (C=O) groups excluding carboxylic acids is 2. The lowest BCUT2D eigenvalue weighted by molar-refractivity contribution is -0.118. The van der Waals surface area contributed by atoms with Gasteiger partial charge in [0.25, 0.3) is 0 Å². The molecule has 0 spiro atoms. The molecule has 2 heterocycles. The molecule has 6 heteroatoms. The van der Waals surface area contributed by atoms with Gasteiger partial charge in [-0.05, 0) is 35.9 Å². The topological polar surface area (TPSA) is 50.3 Å². The molecule has 0 aliphatic carbocycles. The number of carbonyl (C=O) groups is 2. The highest BCUT2D eigenvalue weighted by Gasteiger charge is 2.41. The van der Waals surface area contributed by atoms with E-state index in [9.17, 15) is 14.0 Å². The zero-order valence-corrected chi connectivity index (χ0v) is 14.2. The van der Waals surface area contributed by atoms with Gasteiger partial charge in [0, 0.05) is 23.6 Å². The molecule has 26 heavy (non-hydrogen) atoms. The van der Waals surface area contributed by atoms with Gasteiger partial charge in [-0.1, -0.05) is 35.9 Å². The van der Waals surface area contributed by atoms with Crippen molar-refractivity contribution in [3.63, 3.8) is 0 Å². The Labute approximate surface area is 153 Å². The van der Waals surface area contributed by atoms with Crippen LogP contribution in [0.1, 0.15) is 21.8 Å². The Morgan fingerprint density at radius 1 is 1.04 bits per heavy atom. The first-order valence-corrected chi connectivity index (χ1v) is 8.28. The van der Waals surface area contributed by atoms with Crippen molar-refractivity contribution in [2.75, 3.05) is 4.90 Å². The molecule has 0 bridgehead atoms. The molecule has 3 aromatic rings. The Morgan fingerprint density at radius 2 is 1.81 bits per heavy atom. The molecule has 1 unspecified atom stereocenters. The maximum absolute atomic E-state index is 14.0. The van der Waals surface area contributed by atoms with Crippen molar-refractivity contribution in [3.8, 4) is 0 Å². The highest BCUT2D eigenvalue weighted by atomic mass is 35.5. The van der Waals surface area contributed by atoms with Crippen LogP contribution in [0.2, 0.25) is 5.02 Å². The fourth-order valence-corrected chi connectivity index (χ4v) is 3.28. The normalized spacial score (nSPS) is 16.5. The van der Waals surface area contributed by atoms with Gasteiger partial charge in [0.2, 0.25) is 5.91 Å². The molecule has 0 saturated carbocycles. The van der Waals surface area contributed by atoms with Gasteiger partial charge in [0.05, 0.1) is 10.7 Å². The van der Waals surface area contributed by atoms with E-state index in [1.807, 2.05) is 6.07 Å². The van der Waals surface area contributed by atoms with Crippen molar-refractivity contribution in [1.82, 2.24) is 4.98 Å². The van der Waals surface area contributed by atoms with E-state index < -0.39 is 23.4 Å². The summed E-state index contributed by atoms with van der Waals surface area (Å²) in [5.41, 5.74) is 1.43. The highest BCUT2D eigenvalue weighted by Crippen LogP contribution is 2.41. The van der Waals surface area contributed by atoms with Crippen molar-refractivity contribution in [3.05, 3.63) is 89.0 Å². The summed E-state index contributed by atoms with van der Waals surface area (Å²) in [6.45, 7) is 0. The molecule has 2 aromatic carbocycles. The van der Waals surface area contributed by atoms with Crippen LogP contribution >= 0.6 is 11.6 Å². The van der Waals surface area contributed by atoms with Crippen LogP contribution in [-0.4, -0.2) is 16.7 Å². The summed E-state index contributed by atoms with van der Waals surface area (Å²) in [6, 6.07) is 14.6. The van der Waals surface area contributed by atoms with E-state index in [0.717, 1.165) is 6.07 Å². The first-order chi connectivity index (χ1) is 12.6. The number of ketones is 1. The molecular formula is C20H12ClFN2O2. The average Bonchev–Trinajstić information content (AvgIpc) is 2.66. The predicted octanol–water partition coefficient (Wildman–Crippen LogP) is 4.52. The fourth-order valence-electron chi connectivity index (χ4n) is 3.12. The lowest BCUT2D eigenvalue weighted by Crippen LogP contribution is -2.40. The van der Waals surface area contributed by atoms with Gasteiger partial charge < -0.3 is 0 Å². The summed E-state index contributed by atoms with van der Waals surface area (Å²) >= 11 is 5.91. The number of fused-ring (bicyclic) bond motifs is 1. The van der Waals surface area contributed by atoms with Crippen molar-refractivity contribution in [2.45, 2.75) is 5.92 Å². The van der Waals surface area contributed by atoms with Crippen LogP contribution in [0.3, 0.4) is 0 Å². The van der Waals surface area contributed by atoms with E-state index in [2.05, 4.69) is 4.98 Å². The number of hydrogen-bond acceptors (Lipinski definition) is 3. The van der Waals surface area contributed by atoms with Crippen molar-refractivity contribution in [2.24, 2.45) is 0 Å². The number of amides is 1. The van der Waals surface area contributed by atoms with Crippen molar-refractivity contribution < 1.29 is 14.0 Å². The Hall–Kier alpha value is -3.05. The number of rotatable bonds is 2. The molecule has 1 aliphatic rings. The van der Waals surface area contributed by atoms with Crippen LogP contribution in [0.4, 0.5) is 15.8 Å². The number of para-hydroxylation sites is 1. The second kappa shape index (κ2) is 6.35. The molecule has 1 aromatic heterocycles. The van der Waals surface area contributed by atoms with Crippen LogP contribution < -0.4 is 4.90 Å². The van der Waals surface area contributed by atoms with Gasteiger partial charge in [0.1, 0.15) is 11.7 Å². The molecular weight excluding hydrogens is 355 g/mol. The number of pyridine rings is 1. The van der Waals surface area contributed by atoms with Gasteiger partial charge in [-0.15, -0.1) is 0 Å². The van der Waals surface area contributed by atoms with Crippen LogP contribution in [0.15, 0.2) is 67.0 Å². The third-order valence-electron chi connectivity index (χ3n) is 4.31. The molecule has 0 fully saturated rings. The smallest absolute Gasteiger partial charge is 0.247 e. The Balaban J connectivity index is 1.97. The molecule has 128 valence electrons. The third kappa shape index (κ3) is 2.57. The molecule has 1 amide bonds. The number of benzene rings is 2. The number of anilines is 2. The molecule has 4 rings (SSSR count). The van der Waals surface area contributed by atoms with Crippen LogP contribution in [0, 0.1) is 5.82 Å². The van der Waals surface area contributed by atoms with E-state index in [1.54, 1.807) is 42.6 Å². The average molecular weight is 367 g/mol. The quantitative estimate of drug-likeness (QED) is 0.626. The molecule has 1 aliphatic heterocycles. The minimum Gasteiger partial charge on any atom is -0.293 e. The van der Waals surface area contributed by atoms with E-state index in [-0.39, 0.29) is 16.3 Å². The minimum absolute atomic E-state index is 0.115. The molecule has 4 nitrogen and oxygen atoms in total. The second-order valence-electron chi connectivity index (χ2n) is 5.88. The van der Waals surface area contributed by atoms with Gasteiger partial charge >= 0.3 is 0 Å². The summed E-state index contributed by atoms with van der Waals surface area (Å²) in [6.07, 6.45) is 3.03. The number of Topliss-reactive ketones (excluding diaryl/α,β-unsaturated/α-hetero) is 1.